The van der Waals surface area contributed by atoms with Gasteiger partial charge in [-0.3, -0.25) is 4.79 Å². The maximum absolute atomic E-state index is 14.9. The van der Waals surface area contributed by atoms with Crippen LogP contribution in [-0.4, -0.2) is 39.8 Å². The van der Waals surface area contributed by atoms with Crippen molar-refractivity contribution in [3.05, 3.63) is 33.9 Å². The minimum atomic E-state index is -1.31. The number of carboxylic acid groups (broad SMARTS) is 1. The van der Waals surface area contributed by atoms with Gasteiger partial charge >= 0.3 is 5.97 Å². The summed E-state index contributed by atoms with van der Waals surface area (Å²) < 4.78 is 16.6. The van der Waals surface area contributed by atoms with E-state index >= 15 is 0 Å². The first-order chi connectivity index (χ1) is 12.8. The van der Waals surface area contributed by atoms with E-state index in [1.807, 2.05) is 4.90 Å². The molecule has 3 aliphatic rings. The number of aromatic carboxylic acids is 1. The summed E-state index contributed by atoms with van der Waals surface area (Å²) in [6, 6.07) is 1.39. The number of hydrogen-bond acceptors (Lipinski definition) is 5. The zero-order chi connectivity index (χ0) is 19.1. The van der Waals surface area contributed by atoms with Crippen LogP contribution in [-0.2, 0) is 0 Å². The van der Waals surface area contributed by atoms with Crippen molar-refractivity contribution in [2.45, 2.75) is 38.3 Å². The summed E-state index contributed by atoms with van der Waals surface area (Å²) in [7, 11) is 0. The molecule has 8 heteroatoms. The maximum Gasteiger partial charge on any atom is 0.341 e. The molecule has 3 fully saturated rings. The highest BCUT2D eigenvalue weighted by Crippen LogP contribution is 2.51. The summed E-state index contributed by atoms with van der Waals surface area (Å²) in [5, 5.41) is 9.34. The first-order valence-corrected chi connectivity index (χ1v) is 9.28. The number of anilines is 1. The third-order valence-electron chi connectivity index (χ3n) is 6.49. The normalized spacial score (nSPS) is 29.7. The highest BCUT2D eigenvalue weighted by Gasteiger charge is 2.55. The van der Waals surface area contributed by atoms with Gasteiger partial charge in [0, 0.05) is 31.4 Å². The van der Waals surface area contributed by atoms with Crippen molar-refractivity contribution in [3.63, 3.8) is 0 Å². The Balaban J connectivity index is 1.67. The van der Waals surface area contributed by atoms with E-state index in [9.17, 15) is 19.1 Å². The number of fused-ring (bicyclic) bond motifs is 2. The van der Waals surface area contributed by atoms with E-state index in [0.717, 1.165) is 25.3 Å². The molecule has 2 aromatic heterocycles. The number of halogens is 1. The molecule has 0 radical (unpaired) electrons. The van der Waals surface area contributed by atoms with Crippen LogP contribution in [0.1, 0.15) is 42.6 Å². The number of aromatic nitrogens is 2. The zero-order valence-electron chi connectivity index (χ0n) is 15.0. The van der Waals surface area contributed by atoms with E-state index in [1.165, 1.54) is 6.20 Å². The fourth-order valence-electron chi connectivity index (χ4n) is 4.87. The van der Waals surface area contributed by atoms with Crippen LogP contribution in [0.3, 0.4) is 0 Å². The number of rotatable bonds is 3. The SMILES string of the molecule is CC12C[C@H](N)[C@@H]1CN(c1nc3c(cc1F)c(=O)c(C(=O)O)cn3C1CC1)C2. The quantitative estimate of drug-likeness (QED) is 0.851. The summed E-state index contributed by atoms with van der Waals surface area (Å²) in [5.41, 5.74) is 5.51. The van der Waals surface area contributed by atoms with Crippen LogP contribution < -0.4 is 16.1 Å². The monoisotopic (exact) mass is 372 g/mol. The van der Waals surface area contributed by atoms with Gasteiger partial charge < -0.3 is 20.3 Å². The number of carboxylic acids is 1. The van der Waals surface area contributed by atoms with Crippen LogP contribution in [0.25, 0.3) is 11.0 Å². The van der Waals surface area contributed by atoms with Gasteiger partial charge in [0.25, 0.3) is 0 Å². The minimum absolute atomic E-state index is 0.0214. The fraction of sp³-hybridized carbons (Fsp3) is 0.526. The number of hydrogen-bond donors (Lipinski definition) is 2. The van der Waals surface area contributed by atoms with Gasteiger partial charge in [0.05, 0.1) is 5.39 Å². The Kier molecular flexibility index (Phi) is 3.26. The summed E-state index contributed by atoms with van der Waals surface area (Å²) in [5.74, 6) is -1.36. The molecule has 27 heavy (non-hydrogen) atoms. The average molecular weight is 372 g/mol. The number of pyridine rings is 2. The lowest BCUT2D eigenvalue weighted by Gasteiger charge is -2.46. The number of nitrogens with zero attached hydrogens (tertiary/aromatic N) is 3. The lowest BCUT2D eigenvalue weighted by molar-refractivity contribution is 0.0694. The van der Waals surface area contributed by atoms with Crippen LogP contribution in [0.5, 0.6) is 0 Å². The molecule has 0 amide bonds. The summed E-state index contributed by atoms with van der Waals surface area (Å²) in [6.45, 7) is 3.49. The molecule has 1 unspecified atom stereocenters. The van der Waals surface area contributed by atoms with Crippen molar-refractivity contribution in [2.24, 2.45) is 17.1 Å². The van der Waals surface area contributed by atoms with Crippen LogP contribution in [0, 0.1) is 17.2 Å². The third-order valence-corrected chi connectivity index (χ3v) is 6.49. The molecule has 1 aliphatic heterocycles. The van der Waals surface area contributed by atoms with Gasteiger partial charge in [0.15, 0.2) is 11.6 Å². The van der Waals surface area contributed by atoms with Gasteiger partial charge in [0.2, 0.25) is 5.43 Å². The van der Waals surface area contributed by atoms with Crippen LogP contribution in [0.4, 0.5) is 10.2 Å². The van der Waals surface area contributed by atoms with Crippen molar-refractivity contribution in [3.8, 4) is 0 Å². The summed E-state index contributed by atoms with van der Waals surface area (Å²) in [4.78, 5) is 30.4. The van der Waals surface area contributed by atoms with Crippen LogP contribution >= 0.6 is 0 Å². The predicted octanol–water partition coefficient (Wildman–Crippen LogP) is 1.74. The second kappa shape index (κ2) is 5.28. The van der Waals surface area contributed by atoms with Crippen molar-refractivity contribution in [1.82, 2.24) is 9.55 Å². The Labute approximate surface area is 154 Å². The molecule has 5 rings (SSSR count). The van der Waals surface area contributed by atoms with Crippen molar-refractivity contribution in [1.29, 1.82) is 0 Å². The van der Waals surface area contributed by atoms with Crippen molar-refractivity contribution in [2.75, 3.05) is 18.0 Å². The zero-order valence-corrected chi connectivity index (χ0v) is 15.0. The minimum Gasteiger partial charge on any atom is -0.477 e. The molecular formula is C19H21FN4O3. The molecule has 1 saturated heterocycles. The lowest BCUT2D eigenvalue weighted by Crippen LogP contribution is -2.53. The molecule has 0 aromatic carbocycles. The number of carbonyl (C=O) groups is 1. The van der Waals surface area contributed by atoms with Gasteiger partial charge in [-0.25, -0.2) is 14.2 Å². The predicted molar refractivity (Wildman–Crippen MR) is 97.6 cm³/mol. The van der Waals surface area contributed by atoms with Crippen LogP contribution in [0.15, 0.2) is 17.1 Å². The van der Waals surface area contributed by atoms with Gasteiger partial charge in [-0.1, -0.05) is 6.92 Å². The Morgan fingerprint density at radius 3 is 2.78 bits per heavy atom. The van der Waals surface area contributed by atoms with Crippen molar-refractivity contribution < 1.29 is 14.3 Å². The van der Waals surface area contributed by atoms with E-state index in [1.54, 1.807) is 4.57 Å². The Hall–Kier alpha value is -2.48. The molecule has 0 bridgehead atoms. The van der Waals surface area contributed by atoms with Gasteiger partial charge in [-0.15, -0.1) is 0 Å². The van der Waals surface area contributed by atoms with Crippen molar-refractivity contribution >= 4 is 22.8 Å². The van der Waals surface area contributed by atoms with E-state index in [2.05, 4.69) is 11.9 Å². The molecular weight excluding hydrogens is 351 g/mol. The Morgan fingerprint density at radius 1 is 1.44 bits per heavy atom. The van der Waals surface area contributed by atoms with Gasteiger partial charge in [-0.2, -0.15) is 0 Å². The smallest absolute Gasteiger partial charge is 0.341 e. The average Bonchev–Trinajstić information content (AvgIpc) is 3.39. The molecule has 2 aromatic rings. The molecule has 2 aliphatic carbocycles. The largest absolute Gasteiger partial charge is 0.477 e. The summed E-state index contributed by atoms with van der Waals surface area (Å²) >= 11 is 0. The maximum atomic E-state index is 14.9. The molecule has 7 nitrogen and oxygen atoms in total. The van der Waals surface area contributed by atoms with E-state index in [4.69, 9.17) is 5.73 Å². The summed E-state index contributed by atoms with van der Waals surface area (Å²) in [6.07, 6.45) is 4.05. The topological polar surface area (TPSA) is 101 Å². The van der Waals surface area contributed by atoms with E-state index in [0.29, 0.717) is 24.7 Å². The highest BCUT2D eigenvalue weighted by molar-refractivity contribution is 5.92. The highest BCUT2D eigenvalue weighted by atomic mass is 19.1. The molecule has 2 saturated carbocycles. The first kappa shape index (κ1) is 16.7. The van der Waals surface area contributed by atoms with Crippen LogP contribution in [0.2, 0.25) is 0 Å². The second-order valence-electron chi connectivity index (χ2n) is 8.49. The molecule has 3 heterocycles. The molecule has 3 atom stereocenters. The van der Waals surface area contributed by atoms with E-state index in [-0.39, 0.29) is 34.3 Å². The number of nitrogens with two attached hydrogens (primary N) is 1. The van der Waals surface area contributed by atoms with Gasteiger partial charge in [-0.05, 0) is 36.7 Å². The second-order valence-corrected chi connectivity index (χ2v) is 8.49. The Morgan fingerprint density at radius 2 is 2.19 bits per heavy atom. The molecule has 142 valence electrons. The third kappa shape index (κ3) is 2.32. The standard InChI is InChI=1S/C19H21FN4O3/c1-19-5-14(21)12(19)7-23(8-19)17-13(20)4-10-15(25)11(18(26)27)6-24(9-2-3-9)16(10)22-17/h4,6,9,12,14H,2-3,5,7-8,21H2,1H3,(H,26,27)/t12-,14-,19?/m0/s1. The lowest BCUT2D eigenvalue weighted by atomic mass is 9.60. The first-order valence-electron chi connectivity index (χ1n) is 9.28. The molecule has 0 spiro atoms. The molecule has 3 N–H and O–H groups in total. The Bertz CT molecular complexity index is 1050. The van der Waals surface area contributed by atoms with Gasteiger partial charge in [0.1, 0.15) is 11.2 Å². The fourth-order valence-corrected chi connectivity index (χ4v) is 4.87. The van der Waals surface area contributed by atoms with E-state index < -0.39 is 17.2 Å².